The topological polar surface area (TPSA) is 49.5 Å². The van der Waals surface area contributed by atoms with Gasteiger partial charge in [0.15, 0.2) is 0 Å². The molecular formula is C18H25N2O+. The Kier molecular flexibility index (Phi) is 4.11. The van der Waals surface area contributed by atoms with Gasteiger partial charge in [-0.25, -0.2) is 0 Å². The third-order valence-electron chi connectivity index (χ3n) is 4.98. The highest BCUT2D eigenvalue weighted by Gasteiger charge is 2.29. The zero-order valence-electron chi connectivity index (χ0n) is 12.9. The van der Waals surface area contributed by atoms with Gasteiger partial charge >= 0.3 is 0 Å². The number of hydrogen-bond donors (Lipinski definition) is 2. The highest BCUT2D eigenvalue weighted by atomic mass is 16.1. The Balaban J connectivity index is 1.75. The fourth-order valence-electron chi connectivity index (χ4n) is 3.61. The molecule has 21 heavy (non-hydrogen) atoms. The third kappa shape index (κ3) is 2.88. The molecule has 1 aromatic heterocycles. The molecule has 0 amide bonds. The number of H-pyrrole nitrogens is 1. The number of ketones is 1. The second kappa shape index (κ2) is 6.02. The van der Waals surface area contributed by atoms with Crippen LogP contribution >= 0.6 is 0 Å². The van der Waals surface area contributed by atoms with E-state index in [-0.39, 0.29) is 11.8 Å². The van der Waals surface area contributed by atoms with Crippen molar-refractivity contribution in [1.82, 2.24) is 4.98 Å². The molecule has 3 atom stereocenters. The number of hydrogen-bond acceptors (Lipinski definition) is 1. The number of para-hydroxylation sites is 1. The maximum absolute atomic E-state index is 12.7. The van der Waals surface area contributed by atoms with Gasteiger partial charge in [-0.05, 0) is 32.3 Å². The molecule has 2 aromatic rings. The fourth-order valence-corrected chi connectivity index (χ4v) is 3.61. The number of nitrogens with one attached hydrogen (secondary N) is 1. The highest BCUT2D eigenvalue weighted by Crippen LogP contribution is 2.22. The minimum atomic E-state index is -0.00486. The first kappa shape index (κ1) is 14.3. The summed E-state index contributed by atoms with van der Waals surface area (Å²) in [5, 5.41) is 3.34. The molecule has 3 rings (SSSR count). The van der Waals surface area contributed by atoms with E-state index in [1.54, 1.807) is 0 Å². The zero-order valence-corrected chi connectivity index (χ0v) is 12.9. The number of carbonyl (C=O) groups is 1. The summed E-state index contributed by atoms with van der Waals surface area (Å²) < 4.78 is 0. The van der Waals surface area contributed by atoms with E-state index in [9.17, 15) is 4.79 Å². The smallest absolute Gasteiger partial charge is 0.221 e. The number of fused-ring (bicyclic) bond motifs is 1. The van der Waals surface area contributed by atoms with E-state index >= 15 is 0 Å². The Morgan fingerprint density at radius 1 is 1.29 bits per heavy atom. The van der Waals surface area contributed by atoms with Crippen LogP contribution in [0.5, 0.6) is 0 Å². The number of Topliss-reactive ketones (excluding diaryl/α,β-unsaturated/α-hetero) is 1. The van der Waals surface area contributed by atoms with Crippen LogP contribution in [0.25, 0.3) is 10.9 Å². The molecule has 1 aliphatic carbocycles. The van der Waals surface area contributed by atoms with Crippen LogP contribution in [-0.2, 0) is 0 Å². The molecule has 1 fully saturated rings. The van der Waals surface area contributed by atoms with E-state index in [4.69, 9.17) is 0 Å². The molecule has 0 radical (unpaired) electrons. The summed E-state index contributed by atoms with van der Waals surface area (Å²) >= 11 is 0. The maximum Gasteiger partial charge on any atom is 0.221 e. The standard InChI is InChI=1S/C18H24N2O/c1-12-7-3-5-9-16(12)20-13(2)18(21)15-11-19-17-10-6-4-8-14(15)17/h4,6,8,10-13,16,19-20H,3,5,7,9H2,1-2H3/p+1/t12-,13-,16+/m0/s1. The van der Waals surface area contributed by atoms with E-state index in [1.807, 2.05) is 37.4 Å². The number of rotatable bonds is 4. The quantitative estimate of drug-likeness (QED) is 0.834. The van der Waals surface area contributed by atoms with Crippen molar-refractivity contribution in [2.24, 2.45) is 5.92 Å². The van der Waals surface area contributed by atoms with Gasteiger partial charge in [-0.3, -0.25) is 4.79 Å². The van der Waals surface area contributed by atoms with Crippen molar-refractivity contribution in [3.8, 4) is 0 Å². The number of quaternary nitrogens is 1. The molecule has 112 valence electrons. The van der Waals surface area contributed by atoms with Crippen molar-refractivity contribution in [3.05, 3.63) is 36.0 Å². The van der Waals surface area contributed by atoms with Crippen molar-refractivity contribution in [2.45, 2.75) is 51.6 Å². The van der Waals surface area contributed by atoms with Gasteiger partial charge in [0.2, 0.25) is 5.78 Å². The monoisotopic (exact) mass is 285 g/mol. The van der Waals surface area contributed by atoms with Crippen LogP contribution in [0.3, 0.4) is 0 Å². The number of carbonyl (C=O) groups excluding carboxylic acids is 1. The molecule has 3 heteroatoms. The molecule has 1 heterocycles. The molecule has 3 N–H and O–H groups in total. The molecule has 0 bridgehead atoms. The molecule has 1 aliphatic rings. The average molecular weight is 285 g/mol. The van der Waals surface area contributed by atoms with Crippen LogP contribution in [0.1, 0.15) is 49.9 Å². The molecule has 1 saturated carbocycles. The lowest BCUT2D eigenvalue weighted by Crippen LogP contribution is -2.97. The van der Waals surface area contributed by atoms with Crippen LogP contribution in [-0.4, -0.2) is 22.9 Å². The number of aromatic nitrogens is 1. The second-order valence-electron chi connectivity index (χ2n) is 6.52. The second-order valence-corrected chi connectivity index (χ2v) is 6.52. The summed E-state index contributed by atoms with van der Waals surface area (Å²) in [7, 11) is 0. The van der Waals surface area contributed by atoms with Crippen molar-refractivity contribution in [3.63, 3.8) is 0 Å². The Bertz CT molecular complexity index is 631. The largest absolute Gasteiger partial charge is 0.360 e. The van der Waals surface area contributed by atoms with E-state index in [0.29, 0.717) is 6.04 Å². The van der Waals surface area contributed by atoms with Gasteiger partial charge in [0.1, 0.15) is 6.04 Å². The van der Waals surface area contributed by atoms with Crippen molar-refractivity contribution in [1.29, 1.82) is 0 Å². The van der Waals surface area contributed by atoms with Gasteiger partial charge in [0.25, 0.3) is 0 Å². The number of aromatic amines is 1. The normalized spacial score (nSPS) is 24.1. The van der Waals surface area contributed by atoms with Gasteiger partial charge in [-0.15, -0.1) is 0 Å². The Labute approximate surface area is 126 Å². The SMILES string of the molecule is C[C@H]([NH2+][C@@H]1CCCC[C@@H]1C)C(=O)c1c[nH]c2ccccc12. The molecular weight excluding hydrogens is 260 g/mol. The molecule has 0 aliphatic heterocycles. The minimum Gasteiger partial charge on any atom is -0.360 e. The van der Waals surface area contributed by atoms with Crippen molar-refractivity contribution in [2.75, 3.05) is 0 Å². The van der Waals surface area contributed by atoms with E-state index in [1.165, 1.54) is 25.7 Å². The summed E-state index contributed by atoms with van der Waals surface area (Å²) in [6.45, 7) is 4.37. The van der Waals surface area contributed by atoms with Crippen molar-refractivity contribution < 1.29 is 10.1 Å². The summed E-state index contributed by atoms with van der Waals surface area (Å²) in [5.41, 5.74) is 1.87. The van der Waals surface area contributed by atoms with Crippen LogP contribution in [0.15, 0.2) is 30.5 Å². The minimum absolute atomic E-state index is 0.00486. The van der Waals surface area contributed by atoms with Gasteiger partial charge in [0.05, 0.1) is 6.04 Å². The Hall–Kier alpha value is -1.61. The first-order valence-electron chi connectivity index (χ1n) is 8.12. The van der Waals surface area contributed by atoms with E-state index < -0.39 is 0 Å². The summed E-state index contributed by atoms with van der Waals surface area (Å²) in [6, 6.07) is 8.62. The first-order chi connectivity index (χ1) is 10.2. The first-order valence-corrected chi connectivity index (χ1v) is 8.12. The fraction of sp³-hybridized carbons (Fsp3) is 0.500. The zero-order chi connectivity index (χ0) is 14.8. The average Bonchev–Trinajstić information content (AvgIpc) is 2.92. The van der Waals surface area contributed by atoms with Gasteiger partial charge in [-0.1, -0.05) is 31.5 Å². The Morgan fingerprint density at radius 2 is 2.05 bits per heavy atom. The predicted molar refractivity (Wildman–Crippen MR) is 85.4 cm³/mol. The van der Waals surface area contributed by atoms with Crippen LogP contribution in [0, 0.1) is 5.92 Å². The Morgan fingerprint density at radius 3 is 2.86 bits per heavy atom. The van der Waals surface area contributed by atoms with E-state index in [2.05, 4.69) is 17.2 Å². The van der Waals surface area contributed by atoms with Gasteiger partial charge < -0.3 is 10.3 Å². The molecule has 0 spiro atoms. The lowest BCUT2D eigenvalue weighted by atomic mass is 9.85. The van der Waals surface area contributed by atoms with Gasteiger partial charge in [0, 0.05) is 28.6 Å². The lowest BCUT2D eigenvalue weighted by molar-refractivity contribution is -0.713. The van der Waals surface area contributed by atoms with Crippen LogP contribution < -0.4 is 5.32 Å². The number of nitrogens with two attached hydrogens (primary N) is 1. The summed E-state index contributed by atoms with van der Waals surface area (Å²) in [6.07, 6.45) is 7.05. The third-order valence-corrected chi connectivity index (χ3v) is 4.98. The van der Waals surface area contributed by atoms with Crippen LogP contribution in [0.4, 0.5) is 0 Å². The highest BCUT2D eigenvalue weighted by molar-refractivity contribution is 6.09. The maximum atomic E-state index is 12.7. The molecule has 1 aromatic carbocycles. The summed E-state index contributed by atoms with van der Waals surface area (Å²) in [4.78, 5) is 16.0. The lowest BCUT2D eigenvalue weighted by Gasteiger charge is -2.28. The predicted octanol–water partition coefficient (Wildman–Crippen LogP) is 2.88. The van der Waals surface area contributed by atoms with Gasteiger partial charge in [-0.2, -0.15) is 0 Å². The van der Waals surface area contributed by atoms with Crippen LogP contribution in [0.2, 0.25) is 0 Å². The molecule has 0 saturated heterocycles. The van der Waals surface area contributed by atoms with Crippen molar-refractivity contribution >= 4 is 16.7 Å². The molecule has 3 nitrogen and oxygen atoms in total. The molecule has 0 unspecified atom stereocenters. The number of benzene rings is 1. The van der Waals surface area contributed by atoms with E-state index in [0.717, 1.165) is 22.4 Å². The summed E-state index contributed by atoms with van der Waals surface area (Å²) in [5.74, 6) is 0.960.